The lowest BCUT2D eigenvalue weighted by atomic mass is 9.76. The first-order valence-electron chi connectivity index (χ1n) is 8.64. The Labute approximate surface area is 147 Å². The minimum Gasteiger partial charge on any atom is -0.352 e. The Bertz CT molecular complexity index is 674. The molecule has 6 nitrogen and oxygen atoms in total. The molecule has 4 amide bonds. The zero-order chi connectivity index (χ0) is 17.8. The van der Waals surface area contributed by atoms with Crippen molar-refractivity contribution in [3.63, 3.8) is 0 Å². The lowest BCUT2D eigenvalue weighted by molar-refractivity contribution is -0.138. The van der Waals surface area contributed by atoms with Crippen LogP contribution in [0.25, 0.3) is 0 Å². The van der Waals surface area contributed by atoms with Crippen LogP contribution in [0.4, 0.5) is 4.79 Å². The smallest absolute Gasteiger partial charge is 0.324 e. The predicted octanol–water partition coefficient (Wildman–Crippen LogP) is 1.83. The Balaban J connectivity index is 1.57. The van der Waals surface area contributed by atoms with Crippen molar-refractivity contribution in [3.05, 3.63) is 48.6 Å². The third kappa shape index (κ3) is 3.73. The Morgan fingerprint density at radius 1 is 1.28 bits per heavy atom. The summed E-state index contributed by atoms with van der Waals surface area (Å²) in [4.78, 5) is 38.2. The number of hydrogen-bond donors (Lipinski definition) is 2. The van der Waals surface area contributed by atoms with Crippen LogP contribution in [0.2, 0.25) is 0 Å². The van der Waals surface area contributed by atoms with Gasteiger partial charge in [-0.1, -0.05) is 36.4 Å². The van der Waals surface area contributed by atoms with Crippen molar-refractivity contribution >= 4 is 17.8 Å². The number of amides is 4. The van der Waals surface area contributed by atoms with Gasteiger partial charge < -0.3 is 10.6 Å². The van der Waals surface area contributed by atoms with Gasteiger partial charge in [-0.3, -0.25) is 14.5 Å². The number of carbonyl (C=O) groups excluding carboxylic acids is 3. The highest BCUT2D eigenvalue weighted by molar-refractivity contribution is 5.99. The summed E-state index contributed by atoms with van der Waals surface area (Å²) in [5.41, 5.74) is 1.05. The average Bonchev–Trinajstić information content (AvgIpc) is 2.63. The van der Waals surface area contributed by atoms with E-state index in [2.05, 4.69) is 17.2 Å². The van der Waals surface area contributed by atoms with E-state index in [0.29, 0.717) is 25.8 Å². The molecule has 3 atom stereocenters. The van der Waals surface area contributed by atoms with Gasteiger partial charge in [0.2, 0.25) is 11.8 Å². The quantitative estimate of drug-likeness (QED) is 0.802. The zero-order valence-corrected chi connectivity index (χ0v) is 14.1. The molecule has 2 aliphatic rings. The second-order valence-electron chi connectivity index (χ2n) is 6.61. The van der Waals surface area contributed by atoms with Crippen LogP contribution in [0.3, 0.4) is 0 Å². The number of urea groups is 1. The first-order chi connectivity index (χ1) is 12.1. The number of fused-ring (bicyclic) bond motifs is 1. The number of carbonyl (C=O) groups is 3. The number of rotatable bonds is 5. The molecule has 1 aliphatic heterocycles. The van der Waals surface area contributed by atoms with Crippen molar-refractivity contribution in [1.82, 2.24) is 15.5 Å². The molecule has 0 spiro atoms. The van der Waals surface area contributed by atoms with E-state index in [1.165, 1.54) is 4.90 Å². The normalized spacial score (nSPS) is 25.8. The van der Waals surface area contributed by atoms with Crippen LogP contribution in [-0.2, 0) is 16.1 Å². The molecule has 2 fully saturated rings. The molecule has 25 heavy (non-hydrogen) atoms. The van der Waals surface area contributed by atoms with Crippen LogP contribution in [-0.4, -0.2) is 35.3 Å². The van der Waals surface area contributed by atoms with Gasteiger partial charge in [-0.2, -0.15) is 0 Å². The van der Waals surface area contributed by atoms with E-state index in [4.69, 9.17) is 0 Å². The molecule has 1 saturated carbocycles. The average molecular weight is 341 g/mol. The first-order valence-corrected chi connectivity index (χ1v) is 8.64. The second-order valence-corrected chi connectivity index (χ2v) is 6.61. The number of benzene rings is 1. The number of nitrogens with one attached hydrogen (secondary N) is 2. The number of hydrogen-bond acceptors (Lipinski definition) is 3. The lowest BCUT2D eigenvalue weighted by Gasteiger charge is -2.41. The molecule has 1 saturated heterocycles. The fraction of sp³-hybridized carbons (Fsp3) is 0.421. The van der Waals surface area contributed by atoms with Crippen molar-refractivity contribution in [2.75, 3.05) is 6.54 Å². The van der Waals surface area contributed by atoms with Gasteiger partial charge in [0, 0.05) is 25.0 Å². The van der Waals surface area contributed by atoms with Crippen LogP contribution in [0.1, 0.15) is 24.8 Å². The third-order valence-corrected chi connectivity index (χ3v) is 4.98. The molecule has 1 heterocycles. The molecule has 0 bridgehead atoms. The standard InChI is InChI=1S/C19H23N3O3/c1-2-10-22-18(24)15-9-8-14(11-16(15)21-19(22)25)17(23)20-12-13-6-4-3-5-7-13/h2-7,14-16H,1,8-12H2,(H,20,23)(H,21,25). The van der Waals surface area contributed by atoms with E-state index in [1.807, 2.05) is 30.3 Å². The molecule has 1 aromatic rings. The van der Waals surface area contributed by atoms with Crippen molar-refractivity contribution in [2.24, 2.45) is 11.8 Å². The highest BCUT2D eigenvalue weighted by Gasteiger charge is 2.44. The molecule has 2 N–H and O–H groups in total. The monoisotopic (exact) mass is 341 g/mol. The maximum atomic E-state index is 12.5. The van der Waals surface area contributed by atoms with Crippen molar-refractivity contribution in [2.45, 2.75) is 31.8 Å². The Morgan fingerprint density at radius 2 is 2.04 bits per heavy atom. The fourth-order valence-corrected chi connectivity index (χ4v) is 3.63. The first kappa shape index (κ1) is 17.2. The SMILES string of the molecule is C=CCN1C(=O)NC2CC(C(=O)NCc3ccccc3)CCC2C1=O. The molecular weight excluding hydrogens is 318 g/mol. The van der Waals surface area contributed by atoms with Gasteiger partial charge in [0.05, 0.1) is 5.92 Å². The summed E-state index contributed by atoms with van der Waals surface area (Å²) >= 11 is 0. The molecule has 0 aromatic heterocycles. The molecule has 132 valence electrons. The van der Waals surface area contributed by atoms with Gasteiger partial charge >= 0.3 is 6.03 Å². The summed E-state index contributed by atoms with van der Waals surface area (Å²) < 4.78 is 0. The molecule has 6 heteroatoms. The van der Waals surface area contributed by atoms with E-state index in [1.54, 1.807) is 6.08 Å². The van der Waals surface area contributed by atoms with Crippen molar-refractivity contribution in [3.8, 4) is 0 Å². The Morgan fingerprint density at radius 3 is 2.76 bits per heavy atom. The third-order valence-electron chi connectivity index (χ3n) is 4.98. The summed E-state index contributed by atoms with van der Waals surface area (Å²) in [6, 6.07) is 9.08. The largest absolute Gasteiger partial charge is 0.352 e. The molecule has 3 unspecified atom stereocenters. The maximum absolute atomic E-state index is 12.5. The highest BCUT2D eigenvalue weighted by atomic mass is 16.2. The van der Waals surface area contributed by atoms with Crippen LogP contribution in [0.15, 0.2) is 43.0 Å². The molecule has 1 aromatic carbocycles. The van der Waals surface area contributed by atoms with Gasteiger partial charge in [0.1, 0.15) is 0 Å². The Kier molecular flexibility index (Phi) is 5.16. The summed E-state index contributed by atoms with van der Waals surface area (Å²) in [5, 5.41) is 5.84. The van der Waals surface area contributed by atoms with E-state index in [0.717, 1.165) is 5.56 Å². The van der Waals surface area contributed by atoms with E-state index in [-0.39, 0.29) is 36.2 Å². The summed E-state index contributed by atoms with van der Waals surface area (Å²) in [7, 11) is 0. The fourth-order valence-electron chi connectivity index (χ4n) is 3.63. The zero-order valence-electron chi connectivity index (χ0n) is 14.1. The topological polar surface area (TPSA) is 78.5 Å². The predicted molar refractivity (Wildman–Crippen MR) is 93.3 cm³/mol. The summed E-state index contributed by atoms with van der Waals surface area (Å²) in [5.74, 6) is -0.589. The number of nitrogens with zero attached hydrogens (tertiary/aromatic N) is 1. The van der Waals surface area contributed by atoms with Crippen LogP contribution < -0.4 is 10.6 Å². The summed E-state index contributed by atoms with van der Waals surface area (Å²) in [6.07, 6.45) is 3.32. The van der Waals surface area contributed by atoms with Gasteiger partial charge in [0.25, 0.3) is 0 Å². The van der Waals surface area contributed by atoms with Crippen molar-refractivity contribution in [1.29, 1.82) is 0 Å². The van der Waals surface area contributed by atoms with Gasteiger partial charge in [0.15, 0.2) is 0 Å². The maximum Gasteiger partial charge on any atom is 0.324 e. The molecule has 1 aliphatic carbocycles. The van der Waals surface area contributed by atoms with Crippen LogP contribution >= 0.6 is 0 Å². The van der Waals surface area contributed by atoms with E-state index < -0.39 is 6.03 Å². The molecule has 0 radical (unpaired) electrons. The molecular formula is C19H23N3O3. The molecule has 3 rings (SSSR count). The van der Waals surface area contributed by atoms with Crippen molar-refractivity contribution < 1.29 is 14.4 Å². The lowest BCUT2D eigenvalue weighted by Crippen LogP contribution is -2.62. The van der Waals surface area contributed by atoms with Gasteiger partial charge in [-0.15, -0.1) is 6.58 Å². The second kappa shape index (κ2) is 7.51. The minimum atomic E-state index is -0.392. The van der Waals surface area contributed by atoms with Crippen LogP contribution in [0.5, 0.6) is 0 Å². The van der Waals surface area contributed by atoms with E-state index in [9.17, 15) is 14.4 Å². The van der Waals surface area contributed by atoms with E-state index >= 15 is 0 Å². The summed E-state index contributed by atoms with van der Waals surface area (Å²) in [6.45, 7) is 4.29. The van der Waals surface area contributed by atoms with Gasteiger partial charge in [-0.05, 0) is 24.8 Å². The minimum absolute atomic E-state index is 0.0162. The number of imide groups is 1. The Hall–Kier alpha value is -2.63. The highest BCUT2D eigenvalue weighted by Crippen LogP contribution is 2.33. The van der Waals surface area contributed by atoms with Gasteiger partial charge in [-0.25, -0.2) is 4.79 Å². The van der Waals surface area contributed by atoms with Crippen LogP contribution in [0, 0.1) is 11.8 Å².